The van der Waals surface area contributed by atoms with Crippen LogP contribution >= 0.6 is 0 Å². The van der Waals surface area contributed by atoms with Gasteiger partial charge in [-0.05, 0) is 38.7 Å². The second kappa shape index (κ2) is 6.64. The van der Waals surface area contributed by atoms with Crippen molar-refractivity contribution in [1.82, 2.24) is 4.57 Å². The summed E-state index contributed by atoms with van der Waals surface area (Å²) >= 11 is 0. The predicted octanol–water partition coefficient (Wildman–Crippen LogP) is 2.40. The van der Waals surface area contributed by atoms with E-state index in [0.29, 0.717) is 43.6 Å². The number of esters is 1. The van der Waals surface area contributed by atoms with Crippen LogP contribution in [0, 0.1) is 5.82 Å². The van der Waals surface area contributed by atoms with Gasteiger partial charge in [-0.25, -0.2) is 9.18 Å². The fraction of sp³-hybridized carbons (Fsp3) is 0.500. The van der Waals surface area contributed by atoms with Gasteiger partial charge in [0, 0.05) is 36.3 Å². The summed E-state index contributed by atoms with van der Waals surface area (Å²) in [7, 11) is 1.23. The molecule has 4 rings (SSSR count). The fourth-order valence-corrected chi connectivity index (χ4v) is 4.32. The number of methoxy groups -OCH3 is 1. The maximum absolute atomic E-state index is 15.1. The Labute approximate surface area is 156 Å². The number of aryl methyl sites for hydroxylation is 1. The maximum atomic E-state index is 15.1. The number of aliphatic hydroxyl groups is 1. The molecule has 1 saturated heterocycles. The number of piperidine rings is 1. The topological polar surface area (TPSA) is 71.8 Å². The van der Waals surface area contributed by atoms with E-state index < -0.39 is 17.2 Å². The lowest BCUT2D eigenvalue weighted by Gasteiger charge is -2.36. The van der Waals surface area contributed by atoms with E-state index in [2.05, 4.69) is 0 Å². The molecule has 1 aromatic carbocycles. The van der Waals surface area contributed by atoms with Crippen LogP contribution in [-0.4, -0.2) is 41.9 Å². The summed E-state index contributed by atoms with van der Waals surface area (Å²) in [5, 5.41) is 9.98. The number of hydrogen-bond donors (Lipinski definition) is 1. The Morgan fingerprint density at radius 3 is 2.67 bits per heavy atom. The van der Waals surface area contributed by atoms with Gasteiger partial charge in [0.2, 0.25) is 5.43 Å². The molecule has 2 aliphatic heterocycles. The molecule has 6 nitrogen and oxygen atoms in total. The number of halogens is 1. The fourth-order valence-electron chi connectivity index (χ4n) is 4.32. The molecule has 2 aromatic rings. The molecule has 0 saturated carbocycles. The van der Waals surface area contributed by atoms with Gasteiger partial charge >= 0.3 is 5.97 Å². The SMILES string of the molecule is COC(=O)c1cn2c3c(c(N4CCC(O)CC4)c(F)cc3c1=O)CC[C@@H]2C. The molecular formula is C20H23FN2O4. The molecule has 1 aromatic heterocycles. The number of aromatic nitrogens is 1. The van der Waals surface area contributed by atoms with Gasteiger partial charge in [-0.2, -0.15) is 0 Å². The van der Waals surface area contributed by atoms with Gasteiger partial charge < -0.3 is 19.3 Å². The van der Waals surface area contributed by atoms with Crippen molar-refractivity contribution in [2.24, 2.45) is 0 Å². The maximum Gasteiger partial charge on any atom is 0.343 e. The zero-order chi connectivity index (χ0) is 19.3. The molecule has 1 fully saturated rings. The molecule has 144 valence electrons. The van der Waals surface area contributed by atoms with Crippen molar-refractivity contribution in [2.45, 2.75) is 44.8 Å². The van der Waals surface area contributed by atoms with Crippen molar-refractivity contribution < 1.29 is 19.0 Å². The first kappa shape index (κ1) is 18.0. The smallest absolute Gasteiger partial charge is 0.343 e. The third kappa shape index (κ3) is 2.81. The molecule has 0 unspecified atom stereocenters. The molecule has 7 heteroatoms. The summed E-state index contributed by atoms with van der Waals surface area (Å²) in [4.78, 5) is 26.8. The summed E-state index contributed by atoms with van der Waals surface area (Å²) in [5.74, 6) is -1.16. The molecule has 2 aliphatic rings. The Morgan fingerprint density at radius 2 is 2.00 bits per heavy atom. The van der Waals surface area contributed by atoms with Gasteiger partial charge in [0.05, 0.1) is 24.4 Å². The van der Waals surface area contributed by atoms with Crippen molar-refractivity contribution in [3.63, 3.8) is 0 Å². The zero-order valence-electron chi connectivity index (χ0n) is 15.5. The third-order valence-electron chi connectivity index (χ3n) is 5.81. The van der Waals surface area contributed by atoms with E-state index in [1.807, 2.05) is 16.4 Å². The average Bonchev–Trinajstić information content (AvgIpc) is 2.66. The first-order valence-corrected chi connectivity index (χ1v) is 9.34. The number of nitrogens with zero attached hydrogens (tertiary/aromatic N) is 2. The van der Waals surface area contributed by atoms with Crippen LogP contribution in [0.5, 0.6) is 0 Å². The molecule has 0 spiro atoms. The van der Waals surface area contributed by atoms with Crippen molar-refractivity contribution in [3.05, 3.63) is 39.4 Å². The Balaban J connectivity index is 1.99. The van der Waals surface area contributed by atoms with Gasteiger partial charge in [-0.3, -0.25) is 4.79 Å². The number of benzene rings is 1. The number of anilines is 1. The normalized spacial score (nSPS) is 20.1. The lowest BCUT2D eigenvalue weighted by Crippen LogP contribution is -2.37. The first-order valence-electron chi connectivity index (χ1n) is 9.34. The highest BCUT2D eigenvalue weighted by atomic mass is 19.1. The largest absolute Gasteiger partial charge is 0.465 e. The van der Waals surface area contributed by atoms with Crippen molar-refractivity contribution in [3.8, 4) is 0 Å². The molecule has 3 heterocycles. The Morgan fingerprint density at radius 1 is 1.30 bits per heavy atom. The quantitative estimate of drug-likeness (QED) is 0.818. The number of ether oxygens (including phenoxy) is 1. The summed E-state index contributed by atoms with van der Waals surface area (Å²) in [6, 6.07) is 1.34. The van der Waals surface area contributed by atoms with E-state index in [1.54, 1.807) is 6.20 Å². The molecule has 27 heavy (non-hydrogen) atoms. The van der Waals surface area contributed by atoms with Crippen LogP contribution < -0.4 is 10.3 Å². The predicted molar refractivity (Wildman–Crippen MR) is 100.0 cm³/mol. The van der Waals surface area contributed by atoms with Crippen LogP contribution in [-0.2, 0) is 11.2 Å². The summed E-state index contributed by atoms with van der Waals surface area (Å²) < 4.78 is 21.8. The highest BCUT2D eigenvalue weighted by Gasteiger charge is 2.30. The summed E-state index contributed by atoms with van der Waals surface area (Å²) in [6.07, 6.45) is 3.86. The molecular weight excluding hydrogens is 351 g/mol. The lowest BCUT2D eigenvalue weighted by molar-refractivity contribution is 0.0598. The molecule has 0 amide bonds. The van der Waals surface area contributed by atoms with Gasteiger partial charge in [-0.1, -0.05) is 0 Å². The number of aliphatic hydroxyl groups excluding tert-OH is 1. The van der Waals surface area contributed by atoms with E-state index in [9.17, 15) is 14.7 Å². The van der Waals surface area contributed by atoms with Gasteiger partial charge in [0.15, 0.2) is 0 Å². The van der Waals surface area contributed by atoms with Crippen LogP contribution in [0.4, 0.5) is 10.1 Å². The van der Waals surface area contributed by atoms with Crippen molar-refractivity contribution >= 4 is 22.6 Å². The monoisotopic (exact) mass is 374 g/mol. The number of carbonyl (C=O) groups is 1. The van der Waals surface area contributed by atoms with E-state index in [1.165, 1.54) is 13.2 Å². The van der Waals surface area contributed by atoms with Crippen molar-refractivity contribution in [2.75, 3.05) is 25.1 Å². The number of hydrogen-bond acceptors (Lipinski definition) is 5. The molecule has 1 N–H and O–H groups in total. The Hall–Kier alpha value is -2.41. The molecule has 0 radical (unpaired) electrons. The Bertz CT molecular complexity index is 976. The van der Waals surface area contributed by atoms with Crippen LogP contribution in [0.2, 0.25) is 0 Å². The minimum absolute atomic E-state index is 0.0713. The standard InChI is InChI=1S/C20H23FN2O4/c1-11-3-4-13-17-14(19(25)15(10-23(11)17)20(26)27-2)9-16(21)18(13)22-7-5-12(24)6-8-22/h9-12,24H,3-8H2,1-2H3/t11-/m0/s1. The zero-order valence-corrected chi connectivity index (χ0v) is 15.5. The summed E-state index contributed by atoms with van der Waals surface area (Å²) in [5.41, 5.74) is 1.48. The van der Waals surface area contributed by atoms with Crippen LogP contribution in [0.15, 0.2) is 17.1 Å². The Kier molecular flexibility index (Phi) is 4.42. The number of pyridine rings is 1. The van der Waals surface area contributed by atoms with Crippen LogP contribution in [0.3, 0.4) is 0 Å². The van der Waals surface area contributed by atoms with Crippen LogP contribution in [0.25, 0.3) is 10.9 Å². The third-order valence-corrected chi connectivity index (χ3v) is 5.81. The minimum Gasteiger partial charge on any atom is -0.465 e. The van der Waals surface area contributed by atoms with E-state index in [-0.39, 0.29) is 23.1 Å². The number of rotatable bonds is 2. The van der Waals surface area contributed by atoms with E-state index in [0.717, 1.165) is 12.0 Å². The molecule has 1 atom stereocenters. The lowest BCUT2D eigenvalue weighted by atomic mass is 9.93. The minimum atomic E-state index is -0.709. The highest BCUT2D eigenvalue weighted by Crippen LogP contribution is 2.38. The number of carbonyl (C=O) groups excluding carboxylic acids is 1. The van der Waals surface area contributed by atoms with E-state index in [4.69, 9.17) is 4.74 Å². The summed E-state index contributed by atoms with van der Waals surface area (Å²) in [6.45, 7) is 3.18. The van der Waals surface area contributed by atoms with Crippen LogP contribution in [0.1, 0.15) is 48.1 Å². The highest BCUT2D eigenvalue weighted by molar-refractivity contribution is 5.96. The average molecular weight is 374 g/mol. The molecule has 0 bridgehead atoms. The van der Waals surface area contributed by atoms with E-state index >= 15 is 4.39 Å². The molecule has 0 aliphatic carbocycles. The second-order valence-electron chi connectivity index (χ2n) is 7.46. The van der Waals surface area contributed by atoms with Crippen molar-refractivity contribution in [1.29, 1.82) is 0 Å². The first-order chi connectivity index (χ1) is 12.9. The van der Waals surface area contributed by atoms with Gasteiger partial charge in [0.25, 0.3) is 0 Å². The second-order valence-corrected chi connectivity index (χ2v) is 7.46. The van der Waals surface area contributed by atoms with Gasteiger partial charge in [-0.15, -0.1) is 0 Å². The van der Waals surface area contributed by atoms with Gasteiger partial charge in [0.1, 0.15) is 11.4 Å².